The second-order valence-corrected chi connectivity index (χ2v) is 8.72. The number of aromatic hydroxyl groups is 1. The van der Waals surface area contributed by atoms with Crippen LogP contribution in [-0.4, -0.2) is 38.6 Å². The van der Waals surface area contributed by atoms with Gasteiger partial charge < -0.3 is 25.4 Å². The average Bonchev–Trinajstić information content (AvgIpc) is 3.19. The van der Waals surface area contributed by atoms with E-state index in [0.29, 0.717) is 29.1 Å². The van der Waals surface area contributed by atoms with Crippen LogP contribution in [0.3, 0.4) is 0 Å². The van der Waals surface area contributed by atoms with Crippen molar-refractivity contribution in [3.05, 3.63) is 100 Å². The predicted molar refractivity (Wildman–Crippen MR) is 129 cm³/mol. The fourth-order valence-electron chi connectivity index (χ4n) is 4.76. The van der Waals surface area contributed by atoms with E-state index in [1.165, 1.54) is 0 Å². The zero-order valence-electron chi connectivity index (χ0n) is 18.0. The summed E-state index contributed by atoms with van der Waals surface area (Å²) in [6.45, 7) is 0.371. The van der Waals surface area contributed by atoms with Crippen LogP contribution in [0, 0.1) is 0 Å². The number of phenols is 1. The first-order chi connectivity index (χ1) is 16.4. The standard InChI is InChI=1S/C26H22ClN3O4/c27-17-9-10-21-20(14-17)19-11-12-30(24(23(19)28-21)16-7-4-8-18(31)13-16)25(32)22(29-26(33)34)15-5-2-1-3-6-15/h1-10,13-14,22,24,28-29,31H,11-12H2,(H,33,34)/t22-,24?/m1/s1. The highest BCUT2D eigenvalue weighted by atomic mass is 35.5. The Morgan fingerprint density at radius 3 is 2.59 bits per heavy atom. The lowest BCUT2D eigenvalue weighted by Crippen LogP contribution is -2.47. The van der Waals surface area contributed by atoms with Crippen LogP contribution in [0.4, 0.5) is 4.79 Å². The Labute approximate surface area is 200 Å². The molecular weight excluding hydrogens is 454 g/mol. The minimum atomic E-state index is -1.28. The first-order valence-corrected chi connectivity index (χ1v) is 11.2. The van der Waals surface area contributed by atoms with Gasteiger partial charge in [0.2, 0.25) is 0 Å². The SMILES string of the molecule is O=C(O)N[C@@H](C(=O)N1CCc2c([nH]c3ccc(Cl)cc23)C1c1cccc(O)c1)c1ccccc1. The monoisotopic (exact) mass is 475 g/mol. The number of carboxylic acid groups (broad SMARTS) is 1. The van der Waals surface area contributed by atoms with Crippen molar-refractivity contribution in [2.24, 2.45) is 0 Å². The number of aromatic amines is 1. The van der Waals surface area contributed by atoms with E-state index in [9.17, 15) is 19.8 Å². The van der Waals surface area contributed by atoms with E-state index in [2.05, 4.69) is 10.3 Å². The van der Waals surface area contributed by atoms with Gasteiger partial charge in [0.25, 0.3) is 5.91 Å². The lowest BCUT2D eigenvalue weighted by Gasteiger charge is -2.38. The summed E-state index contributed by atoms with van der Waals surface area (Å²) in [5, 5.41) is 23.6. The smallest absolute Gasteiger partial charge is 0.405 e. The normalized spacial score (nSPS) is 16.1. The number of aromatic nitrogens is 1. The molecule has 1 aliphatic heterocycles. The summed E-state index contributed by atoms with van der Waals surface area (Å²) in [6.07, 6.45) is -0.709. The van der Waals surface area contributed by atoms with Crippen LogP contribution in [0.1, 0.15) is 34.5 Å². The van der Waals surface area contributed by atoms with Crippen molar-refractivity contribution in [3.8, 4) is 5.75 Å². The zero-order chi connectivity index (χ0) is 23.8. The Bertz CT molecular complexity index is 1390. The van der Waals surface area contributed by atoms with E-state index in [-0.39, 0.29) is 11.7 Å². The molecule has 2 heterocycles. The molecule has 2 amide bonds. The molecule has 2 atom stereocenters. The Hall–Kier alpha value is -3.97. The quantitative estimate of drug-likeness (QED) is 0.333. The molecule has 0 radical (unpaired) electrons. The van der Waals surface area contributed by atoms with Crippen molar-refractivity contribution in [3.63, 3.8) is 0 Å². The van der Waals surface area contributed by atoms with Gasteiger partial charge in [0.1, 0.15) is 11.8 Å². The number of rotatable bonds is 4. The molecule has 3 aromatic carbocycles. The van der Waals surface area contributed by atoms with Crippen LogP contribution < -0.4 is 5.32 Å². The minimum absolute atomic E-state index is 0.0828. The second-order valence-electron chi connectivity index (χ2n) is 8.28. The molecule has 4 aromatic rings. The lowest BCUT2D eigenvalue weighted by molar-refractivity contribution is -0.135. The van der Waals surface area contributed by atoms with E-state index >= 15 is 0 Å². The summed E-state index contributed by atoms with van der Waals surface area (Å²) in [5.74, 6) is -0.288. The third-order valence-corrected chi connectivity index (χ3v) is 6.44. The number of phenolic OH excluding ortho intramolecular Hbond substituents is 1. The van der Waals surface area contributed by atoms with Crippen molar-refractivity contribution in [1.82, 2.24) is 15.2 Å². The molecule has 0 saturated heterocycles. The van der Waals surface area contributed by atoms with E-state index < -0.39 is 18.2 Å². The van der Waals surface area contributed by atoms with Gasteiger partial charge in [0.05, 0.1) is 6.04 Å². The number of hydrogen-bond acceptors (Lipinski definition) is 3. The number of benzene rings is 3. The van der Waals surface area contributed by atoms with E-state index in [1.54, 1.807) is 53.4 Å². The van der Waals surface area contributed by atoms with Gasteiger partial charge in [-0.15, -0.1) is 0 Å². The van der Waals surface area contributed by atoms with Gasteiger partial charge in [0.15, 0.2) is 0 Å². The molecule has 0 saturated carbocycles. The molecule has 1 aliphatic rings. The molecular formula is C26H22ClN3O4. The Balaban J connectivity index is 1.64. The van der Waals surface area contributed by atoms with Crippen molar-refractivity contribution in [1.29, 1.82) is 0 Å². The number of nitrogens with one attached hydrogen (secondary N) is 2. The van der Waals surface area contributed by atoms with Gasteiger partial charge >= 0.3 is 6.09 Å². The molecule has 34 heavy (non-hydrogen) atoms. The molecule has 0 aliphatic carbocycles. The Kier molecular flexibility index (Phi) is 5.63. The Morgan fingerprint density at radius 1 is 1.06 bits per heavy atom. The van der Waals surface area contributed by atoms with Gasteiger partial charge in [-0.25, -0.2) is 4.79 Å². The van der Waals surface area contributed by atoms with Crippen LogP contribution in [0.15, 0.2) is 72.8 Å². The Morgan fingerprint density at radius 2 is 1.85 bits per heavy atom. The number of amides is 2. The number of carbonyl (C=O) groups is 2. The van der Waals surface area contributed by atoms with Crippen molar-refractivity contribution in [2.75, 3.05) is 6.54 Å². The molecule has 172 valence electrons. The van der Waals surface area contributed by atoms with Crippen molar-refractivity contribution < 1.29 is 19.8 Å². The first kappa shape index (κ1) is 21.9. The number of carbonyl (C=O) groups excluding carboxylic acids is 1. The summed E-state index contributed by atoms with van der Waals surface area (Å²) >= 11 is 6.25. The predicted octanol–water partition coefficient (Wildman–Crippen LogP) is 5.01. The molecule has 1 unspecified atom stereocenters. The summed E-state index contributed by atoms with van der Waals surface area (Å²) < 4.78 is 0. The van der Waals surface area contributed by atoms with Gasteiger partial charge in [-0.2, -0.15) is 0 Å². The number of halogens is 1. The summed E-state index contributed by atoms with van der Waals surface area (Å²) in [5.41, 5.74) is 4.05. The molecule has 4 N–H and O–H groups in total. The van der Waals surface area contributed by atoms with Crippen LogP contribution in [0.2, 0.25) is 5.02 Å². The fourth-order valence-corrected chi connectivity index (χ4v) is 4.93. The maximum absolute atomic E-state index is 13.9. The van der Waals surface area contributed by atoms with Crippen LogP contribution in [0.5, 0.6) is 5.75 Å². The number of H-pyrrole nitrogens is 1. The van der Waals surface area contributed by atoms with Gasteiger partial charge in [0, 0.05) is 28.2 Å². The molecule has 7 nitrogen and oxygen atoms in total. The number of hydrogen-bond donors (Lipinski definition) is 4. The molecule has 0 fully saturated rings. The summed E-state index contributed by atoms with van der Waals surface area (Å²) in [7, 11) is 0. The molecule has 0 spiro atoms. The third kappa shape index (κ3) is 3.95. The number of nitrogens with zero attached hydrogens (tertiary/aromatic N) is 1. The fraction of sp³-hybridized carbons (Fsp3) is 0.154. The molecule has 8 heteroatoms. The molecule has 5 rings (SSSR count). The third-order valence-electron chi connectivity index (χ3n) is 6.21. The van der Waals surface area contributed by atoms with Gasteiger partial charge in [-0.05, 0) is 53.4 Å². The number of fused-ring (bicyclic) bond motifs is 3. The van der Waals surface area contributed by atoms with E-state index in [0.717, 1.165) is 22.2 Å². The van der Waals surface area contributed by atoms with Gasteiger partial charge in [-0.1, -0.05) is 54.1 Å². The summed E-state index contributed by atoms with van der Waals surface area (Å²) in [4.78, 5) is 30.6. The van der Waals surface area contributed by atoms with Gasteiger partial charge in [-0.3, -0.25) is 4.79 Å². The molecule has 1 aromatic heterocycles. The van der Waals surface area contributed by atoms with Crippen LogP contribution >= 0.6 is 11.6 Å². The largest absolute Gasteiger partial charge is 0.508 e. The molecule has 0 bridgehead atoms. The average molecular weight is 476 g/mol. The van der Waals surface area contributed by atoms with Crippen molar-refractivity contribution in [2.45, 2.75) is 18.5 Å². The topological polar surface area (TPSA) is 106 Å². The van der Waals surface area contributed by atoms with E-state index in [1.807, 2.05) is 24.3 Å². The van der Waals surface area contributed by atoms with Crippen LogP contribution in [-0.2, 0) is 11.2 Å². The highest BCUT2D eigenvalue weighted by molar-refractivity contribution is 6.31. The first-order valence-electron chi connectivity index (χ1n) is 10.9. The summed E-state index contributed by atoms with van der Waals surface area (Å²) in [6, 6.07) is 19.6. The van der Waals surface area contributed by atoms with Crippen molar-refractivity contribution >= 4 is 34.5 Å². The maximum atomic E-state index is 13.9. The zero-order valence-corrected chi connectivity index (χ0v) is 18.8. The maximum Gasteiger partial charge on any atom is 0.405 e. The van der Waals surface area contributed by atoms with Crippen LogP contribution in [0.25, 0.3) is 10.9 Å². The minimum Gasteiger partial charge on any atom is -0.508 e. The lowest BCUT2D eigenvalue weighted by atomic mass is 9.91. The highest BCUT2D eigenvalue weighted by Crippen LogP contribution is 2.40. The highest BCUT2D eigenvalue weighted by Gasteiger charge is 2.38. The second kappa shape index (κ2) is 8.76. The van der Waals surface area contributed by atoms with E-state index in [4.69, 9.17) is 11.6 Å².